The zero-order valence-electron chi connectivity index (χ0n) is 10.3. The third-order valence-electron chi connectivity index (χ3n) is 2.28. The van der Waals surface area contributed by atoms with E-state index in [1.807, 2.05) is 24.5 Å². The topological polar surface area (TPSA) is 47.0 Å². The van der Waals surface area contributed by atoms with Crippen molar-refractivity contribution < 1.29 is 4.74 Å². The van der Waals surface area contributed by atoms with Crippen LogP contribution in [-0.2, 0) is 0 Å². The molecule has 0 saturated heterocycles. The lowest BCUT2D eigenvalue weighted by molar-refractivity contribution is 0.416. The van der Waals surface area contributed by atoms with Crippen LogP contribution in [-0.4, -0.2) is 23.3 Å². The lowest BCUT2D eigenvalue weighted by Crippen LogP contribution is -1.99. The molecule has 0 unspecified atom stereocenters. The molecule has 0 amide bonds. The fourth-order valence-corrected chi connectivity index (χ4v) is 2.44. The van der Waals surface area contributed by atoms with Gasteiger partial charge in [-0.2, -0.15) is 0 Å². The van der Waals surface area contributed by atoms with Crippen LogP contribution in [0.25, 0.3) is 0 Å². The van der Waals surface area contributed by atoms with Crippen LogP contribution < -0.4 is 10.1 Å². The molecule has 1 heterocycles. The van der Waals surface area contributed by atoms with Gasteiger partial charge < -0.3 is 10.1 Å². The number of rotatable bonds is 4. The number of thioether (sulfide) groups is 1. The Labute approximate surface area is 129 Å². The van der Waals surface area contributed by atoms with Gasteiger partial charge in [-0.1, -0.05) is 39.3 Å². The number of aromatic nitrogens is 2. The Morgan fingerprint density at radius 2 is 2.11 bits per heavy atom. The maximum atomic E-state index is 5.95. The van der Waals surface area contributed by atoms with Gasteiger partial charge in [0.05, 0.1) is 12.8 Å². The highest BCUT2D eigenvalue weighted by atomic mass is 79.9. The minimum Gasteiger partial charge on any atom is -0.495 e. The van der Waals surface area contributed by atoms with Crippen LogP contribution in [0.4, 0.5) is 11.5 Å². The summed E-state index contributed by atoms with van der Waals surface area (Å²) in [4.78, 5) is 8.43. The van der Waals surface area contributed by atoms with E-state index in [9.17, 15) is 0 Å². The first kappa shape index (κ1) is 14.4. The SMILES string of the molecule is COc1ccc(Br)cc1Nc1cc(Cl)nc(SC)n1. The minimum absolute atomic E-state index is 0.399. The lowest BCUT2D eigenvalue weighted by Gasteiger charge is -2.11. The molecule has 0 bridgehead atoms. The minimum atomic E-state index is 0.399. The second kappa shape index (κ2) is 6.45. The Bertz CT molecular complexity index is 597. The monoisotopic (exact) mass is 359 g/mol. The first-order chi connectivity index (χ1) is 9.12. The van der Waals surface area contributed by atoms with Crippen molar-refractivity contribution in [2.75, 3.05) is 18.7 Å². The Hall–Kier alpha value is -0.980. The van der Waals surface area contributed by atoms with Gasteiger partial charge in [-0.3, -0.25) is 0 Å². The molecule has 1 N–H and O–H groups in total. The molecule has 2 aromatic rings. The van der Waals surface area contributed by atoms with Gasteiger partial charge in [-0.05, 0) is 24.5 Å². The van der Waals surface area contributed by atoms with Crippen LogP contribution in [0.15, 0.2) is 33.9 Å². The summed E-state index contributed by atoms with van der Waals surface area (Å²) in [6.45, 7) is 0. The summed E-state index contributed by atoms with van der Waals surface area (Å²) in [6, 6.07) is 7.35. The van der Waals surface area contributed by atoms with Crippen molar-refractivity contribution in [1.29, 1.82) is 0 Å². The van der Waals surface area contributed by atoms with Gasteiger partial charge in [-0.15, -0.1) is 0 Å². The number of anilines is 2. The number of benzene rings is 1. The molecule has 19 heavy (non-hydrogen) atoms. The molecule has 0 saturated carbocycles. The van der Waals surface area contributed by atoms with Gasteiger partial charge in [0.15, 0.2) is 5.16 Å². The van der Waals surface area contributed by atoms with Crippen LogP contribution in [0.1, 0.15) is 0 Å². The van der Waals surface area contributed by atoms with Gasteiger partial charge in [0, 0.05) is 10.5 Å². The van der Waals surface area contributed by atoms with Crippen molar-refractivity contribution >= 4 is 50.8 Å². The largest absolute Gasteiger partial charge is 0.495 e. The molecule has 0 aliphatic carbocycles. The van der Waals surface area contributed by atoms with Crippen LogP contribution in [0, 0.1) is 0 Å². The summed E-state index contributed by atoms with van der Waals surface area (Å²) in [7, 11) is 1.62. The highest BCUT2D eigenvalue weighted by Gasteiger charge is 2.07. The van der Waals surface area contributed by atoms with Crippen molar-refractivity contribution in [3.63, 3.8) is 0 Å². The van der Waals surface area contributed by atoms with E-state index in [4.69, 9.17) is 16.3 Å². The summed E-state index contributed by atoms with van der Waals surface area (Å²) in [5, 5.41) is 4.19. The van der Waals surface area contributed by atoms with Crippen molar-refractivity contribution in [2.24, 2.45) is 0 Å². The van der Waals surface area contributed by atoms with Gasteiger partial charge in [0.25, 0.3) is 0 Å². The zero-order valence-corrected chi connectivity index (χ0v) is 13.4. The van der Waals surface area contributed by atoms with Crippen LogP contribution in [0.3, 0.4) is 0 Å². The molecule has 0 aliphatic heterocycles. The smallest absolute Gasteiger partial charge is 0.190 e. The zero-order chi connectivity index (χ0) is 13.8. The maximum Gasteiger partial charge on any atom is 0.190 e. The molecule has 0 spiro atoms. The molecule has 2 rings (SSSR count). The maximum absolute atomic E-state index is 5.95. The third kappa shape index (κ3) is 3.75. The molecular weight excluding hydrogens is 350 g/mol. The van der Waals surface area contributed by atoms with E-state index in [1.165, 1.54) is 11.8 Å². The van der Waals surface area contributed by atoms with Crippen molar-refractivity contribution in [2.45, 2.75) is 5.16 Å². The molecule has 4 nitrogen and oxygen atoms in total. The summed E-state index contributed by atoms with van der Waals surface area (Å²) in [5.41, 5.74) is 0.804. The molecule has 7 heteroatoms. The standard InChI is InChI=1S/C12H11BrClN3OS/c1-18-9-4-3-7(13)5-8(9)15-11-6-10(14)16-12(17-11)19-2/h3-6H,1-2H3,(H,15,16,17). The Morgan fingerprint density at radius 1 is 1.32 bits per heavy atom. The average molecular weight is 361 g/mol. The first-order valence-electron chi connectivity index (χ1n) is 5.31. The number of methoxy groups -OCH3 is 1. The fraction of sp³-hybridized carbons (Fsp3) is 0.167. The second-order valence-corrected chi connectivity index (χ2v) is 5.61. The third-order valence-corrected chi connectivity index (χ3v) is 3.52. The number of hydrogen-bond acceptors (Lipinski definition) is 5. The molecule has 0 atom stereocenters. The van der Waals surface area contributed by atoms with E-state index in [0.29, 0.717) is 16.1 Å². The quantitative estimate of drug-likeness (QED) is 0.498. The van der Waals surface area contributed by atoms with Crippen LogP contribution in [0.5, 0.6) is 5.75 Å². The summed E-state index contributed by atoms with van der Waals surface area (Å²) in [6.07, 6.45) is 1.90. The van der Waals surface area contributed by atoms with Crippen molar-refractivity contribution in [3.05, 3.63) is 33.9 Å². The van der Waals surface area contributed by atoms with E-state index in [2.05, 4.69) is 31.2 Å². The van der Waals surface area contributed by atoms with Crippen LogP contribution in [0.2, 0.25) is 5.15 Å². The molecule has 100 valence electrons. The molecular formula is C12H11BrClN3OS. The summed E-state index contributed by atoms with van der Waals surface area (Å²) >= 11 is 10.8. The number of hydrogen-bond donors (Lipinski definition) is 1. The molecule has 1 aromatic heterocycles. The summed E-state index contributed by atoms with van der Waals surface area (Å²) in [5.74, 6) is 1.35. The highest BCUT2D eigenvalue weighted by molar-refractivity contribution is 9.10. The van der Waals surface area contributed by atoms with Crippen LogP contribution >= 0.6 is 39.3 Å². The lowest BCUT2D eigenvalue weighted by atomic mass is 10.3. The van der Waals surface area contributed by atoms with Gasteiger partial charge in [-0.25, -0.2) is 9.97 Å². The predicted octanol–water partition coefficient (Wildman–Crippen LogP) is 4.37. The van der Waals surface area contributed by atoms with E-state index in [-0.39, 0.29) is 0 Å². The van der Waals surface area contributed by atoms with Gasteiger partial charge in [0.1, 0.15) is 16.7 Å². The number of ether oxygens (including phenoxy) is 1. The molecule has 0 aliphatic rings. The van der Waals surface area contributed by atoms with Gasteiger partial charge in [0.2, 0.25) is 0 Å². The number of nitrogens with zero attached hydrogens (tertiary/aromatic N) is 2. The van der Waals surface area contributed by atoms with E-state index in [1.54, 1.807) is 13.2 Å². The second-order valence-electron chi connectivity index (χ2n) is 3.53. The first-order valence-corrected chi connectivity index (χ1v) is 7.71. The van der Waals surface area contributed by atoms with E-state index >= 15 is 0 Å². The van der Waals surface area contributed by atoms with Crippen molar-refractivity contribution in [1.82, 2.24) is 9.97 Å². The normalized spacial score (nSPS) is 10.3. The number of halogens is 2. The number of nitrogens with one attached hydrogen (secondary N) is 1. The van der Waals surface area contributed by atoms with Gasteiger partial charge >= 0.3 is 0 Å². The van der Waals surface area contributed by atoms with E-state index < -0.39 is 0 Å². The Morgan fingerprint density at radius 3 is 2.79 bits per heavy atom. The predicted molar refractivity (Wildman–Crippen MR) is 82.8 cm³/mol. The van der Waals surface area contributed by atoms with Crippen molar-refractivity contribution in [3.8, 4) is 5.75 Å². The molecule has 0 radical (unpaired) electrons. The van der Waals surface area contributed by atoms with E-state index in [0.717, 1.165) is 15.9 Å². The molecule has 1 aromatic carbocycles. The average Bonchev–Trinajstić information content (AvgIpc) is 2.38. The Balaban J connectivity index is 2.35. The highest BCUT2D eigenvalue weighted by Crippen LogP contribution is 2.31. The summed E-state index contributed by atoms with van der Waals surface area (Å²) < 4.78 is 6.24. The molecule has 0 fully saturated rings. The fourth-order valence-electron chi connectivity index (χ4n) is 1.47. The Kier molecular flexibility index (Phi) is 4.90.